The standard InChI is InChI=1S/C27H36N4O3/c1-34-17-16-31(20-22-8-5-13-28-19-22)25(18-21-6-3-2-4-7-21)23-11-14-30(15-12-23)27(33)24-9-10-26(32)29-24/h2-8,13,19,23-25H,9-12,14-18,20H2,1H3,(H,29,32)/t24-,25?/m0/s1. The van der Waals surface area contributed by atoms with E-state index in [0.29, 0.717) is 31.4 Å². The average molecular weight is 465 g/mol. The topological polar surface area (TPSA) is 74.8 Å². The van der Waals surface area contributed by atoms with Crippen LogP contribution in [0, 0.1) is 5.92 Å². The summed E-state index contributed by atoms with van der Waals surface area (Å²) >= 11 is 0. The number of carbonyl (C=O) groups is 2. The first-order valence-corrected chi connectivity index (χ1v) is 12.4. The molecule has 2 fully saturated rings. The number of pyridine rings is 1. The van der Waals surface area contributed by atoms with Crippen LogP contribution in [-0.2, 0) is 27.3 Å². The molecule has 4 rings (SSSR count). The van der Waals surface area contributed by atoms with Gasteiger partial charge in [0.25, 0.3) is 0 Å². The fourth-order valence-corrected chi connectivity index (χ4v) is 5.27. The molecule has 2 amide bonds. The molecule has 34 heavy (non-hydrogen) atoms. The van der Waals surface area contributed by atoms with Crippen molar-refractivity contribution in [3.8, 4) is 0 Å². The highest BCUT2D eigenvalue weighted by Gasteiger charge is 2.35. The van der Waals surface area contributed by atoms with Crippen molar-refractivity contribution in [1.82, 2.24) is 20.1 Å². The molecule has 0 bridgehead atoms. The van der Waals surface area contributed by atoms with Crippen LogP contribution in [0.1, 0.15) is 36.8 Å². The van der Waals surface area contributed by atoms with Crippen LogP contribution in [0.3, 0.4) is 0 Å². The number of benzene rings is 1. The highest BCUT2D eigenvalue weighted by Crippen LogP contribution is 2.29. The van der Waals surface area contributed by atoms with Crippen molar-refractivity contribution in [2.75, 3.05) is 33.4 Å². The van der Waals surface area contributed by atoms with Crippen LogP contribution < -0.4 is 5.32 Å². The molecule has 1 aromatic heterocycles. The number of hydrogen-bond acceptors (Lipinski definition) is 5. The third kappa shape index (κ3) is 6.42. The molecule has 0 spiro atoms. The summed E-state index contributed by atoms with van der Waals surface area (Å²) in [5, 5.41) is 2.83. The van der Waals surface area contributed by atoms with Crippen molar-refractivity contribution in [3.63, 3.8) is 0 Å². The van der Waals surface area contributed by atoms with Crippen LogP contribution in [0.2, 0.25) is 0 Å². The van der Waals surface area contributed by atoms with Gasteiger partial charge in [-0.2, -0.15) is 0 Å². The first kappa shape index (κ1) is 24.4. The van der Waals surface area contributed by atoms with Gasteiger partial charge in [-0.3, -0.25) is 19.5 Å². The van der Waals surface area contributed by atoms with Crippen molar-refractivity contribution in [2.24, 2.45) is 5.92 Å². The monoisotopic (exact) mass is 464 g/mol. The van der Waals surface area contributed by atoms with Gasteiger partial charge in [0.1, 0.15) is 6.04 Å². The molecule has 7 heteroatoms. The minimum atomic E-state index is -0.340. The first-order valence-electron chi connectivity index (χ1n) is 12.4. The minimum absolute atomic E-state index is 0.0136. The fourth-order valence-electron chi connectivity index (χ4n) is 5.27. The minimum Gasteiger partial charge on any atom is -0.383 e. The molecule has 3 heterocycles. The zero-order chi connectivity index (χ0) is 23.8. The van der Waals surface area contributed by atoms with Gasteiger partial charge in [-0.15, -0.1) is 0 Å². The van der Waals surface area contributed by atoms with E-state index >= 15 is 0 Å². The zero-order valence-electron chi connectivity index (χ0n) is 20.1. The molecule has 2 saturated heterocycles. The number of amides is 2. The van der Waals surface area contributed by atoms with E-state index in [1.807, 2.05) is 23.4 Å². The average Bonchev–Trinajstić information content (AvgIpc) is 3.32. The second kappa shape index (κ2) is 12.1. The van der Waals surface area contributed by atoms with Gasteiger partial charge in [-0.05, 0) is 48.8 Å². The predicted octanol–water partition coefficient (Wildman–Crippen LogP) is 2.66. The number of nitrogens with zero attached hydrogens (tertiary/aromatic N) is 3. The molecule has 1 aromatic carbocycles. The van der Waals surface area contributed by atoms with Crippen LogP contribution in [0.5, 0.6) is 0 Å². The lowest BCUT2D eigenvalue weighted by Crippen LogP contribution is -2.51. The van der Waals surface area contributed by atoms with Gasteiger partial charge in [-0.25, -0.2) is 0 Å². The molecule has 0 aliphatic carbocycles. The van der Waals surface area contributed by atoms with Crippen molar-refractivity contribution in [1.29, 1.82) is 0 Å². The maximum absolute atomic E-state index is 12.9. The van der Waals surface area contributed by atoms with Crippen molar-refractivity contribution >= 4 is 11.8 Å². The molecule has 2 atom stereocenters. The fraction of sp³-hybridized carbons (Fsp3) is 0.519. The quantitative estimate of drug-likeness (QED) is 0.585. The van der Waals surface area contributed by atoms with Gasteiger partial charge >= 0.3 is 0 Å². The number of piperidine rings is 1. The Morgan fingerprint density at radius 2 is 1.91 bits per heavy atom. The Balaban J connectivity index is 1.48. The van der Waals surface area contributed by atoms with Crippen molar-refractivity contribution in [2.45, 2.75) is 50.7 Å². The summed E-state index contributed by atoms with van der Waals surface area (Å²) in [5.74, 6) is 0.534. The SMILES string of the molecule is COCCN(Cc1cccnc1)C(Cc1ccccc1)C1CCN(C(=O)[C@@H]2CCC(=O)N2)CC1. The van der Waals surface area contributed by atoms with Crippen molar-refractivity contribution < 1.29 is 14.3 Å². The summed E-state index contributed by atoms with van der Waals surface area (Å²) in [5.41, 5.74) is 2.52. The van der Waals surface area contributed by atoms with E-state index in [4.69, 9.17) is 4.74 Å². The molecular weight excluding hydrogens is 428 g/mol. The maximum atomic E-state index is 12.9. The number of hydrogen-bond donors (Lipinski definition) is 1. The molecule has 2 aliphatic rings. The molecule has 2 aromatic rings. The number of methoxy groups -OCH3 is 1. The van der Waals surface area contributed by atoms with E-state index in [9.17, 15) is 9.59 Å². The Morgan fingerprint density at radius 3 is 2.56 bits per heavy atom. The van der Waals surface area contributed by atoms with E-state index < -0.39 is 0 Å². The first-order chi connectivity index (χ1) is 16.6. The Kier molecular flexibility index (Phi) is 8.66. The number of aromatic nitrogens is 1. The summed E-state index contributed by atoms with van der Waals surface area (Å²) in [6.07, 6.45) is 7.70. The van der Waals surface area contributed by atoms with Gasteiger partial charge in [0.2, 0.25) is 11.8 Å². The number of ether oxygens (including phenoxy) is 1. The Morgan fingerprint density at radius 1 is 1.15 bits per heavy atom. The molecule has 182 valence electrons. The molecule has 0 saturated carbocycles. The molecule has 1 N–H and O–H groups in total. The number of rotatable bonds is 10. The number of nitrogens with one attached hydrogen (secondary N) is 1. The third-order valence-electron chi connectivity index (χ3n) is 7.14. The Labute approximate surface area is 202 Å². The summed E-state index contributed by atoms with van der Waals surface area (Å²) in [6, 6.07) is 14.8. The van der Waals surface area contributed by atoms with E-state index in [0.717, 1.165) is 45.4 Å². The van der Waals surface area contributed by atoms with Gasteiger partial charge in [0.05, 0.1) is 6.61 Å². The lowest BCUT2D eigenvalue weighted by atomic mass is 9.84. The summed E-state index contributed by atoms with van der Waals surface area (Å²) in [4.78, 5) is 33.3. The van der Waals surface area contributed by atoms with E-state index in [-0.39, 0.29) is 17.9 Å². The van der Waals surface area contributed by atoms with Gasteiger partial charge in [0, 0.05) is 58.1 Å². The molecule has 2 aliphatic heterocycles. The van der Waals surface area contributed by atoms with E-state index in [2.05, 4.69) is 51.6 Å². The summed E-state index contributed by atoms with van der Waals surface area (Å²) in [7, 11) is 1.75. The number of carbonyl (C=O) groups excluding carboxylic acids is 2. The smallest absolute Gasteiger partial charge is 0.245 e. The second-order valence-electron chi connectivity index (χ2n) is 9.40. The largest absolute Gasteiger partial charge is 0.383 e. The Bertz CT molecular complexity index is 916. The predicted molar refractivity (Wildman–Crippen MR) is 131 cm³/mol. The lowest BCUT2D eigenvalue weighted by Gasteiger charge is -2.42. The third-order valence-corrected chi connectivity index (χ3v) is 7.14. The summed E-state index contributed by atoms with van der Waals surface area (Å²) < 4.78 is 5.47. The summed E-state index contributed by atoms with van der Waals surface area (Å²) in [6.45, 7) is 3.82. The highest BCUT2D eigenvalue weighted by molar-refractivity contribution is 5.90. The Hall–Kier alpha value is -2.77. The number of likely N-dealkylation sites (tertiary alicyclic amines) is 1. The van der Waals surface area contributed by atoms with Crippen LogP contribution >= 0.6 is 0 Å². The molecular formula is C27H36N4O3. The highest BCUT2D eigenvalue weighted by atomic mass is 16.5. The molecule has 0 radical (unpaired) electrons. The maximum Gasteiger partial charge on any atom is 0.245 e. The van der Waals surface area contributed by atoms with Crippen LogP contribution in [0.25, 0.3) is 0 Å². The van der Waals surface area contributed by atoms with Gasteiger partial charge in [-0.1, -0.05) is 36.4 Å². The van der Waals surface area contributed by atoms with E-state index in [1.54, 1.807) is 7.11 Å². The molecule has 1 unspecified atom stereocenters. The van der Waals surface area contributed by atoms with Gasteiger partial charge in [0.15, 0.2) is 0 Å². The van der Waals surface area contributed by atoms with Crippen LogP contribution in [0.15, 0.2) is 54.9 Å². The van der Waals surface area contributed by atoms with Crippen LogP contribution in [-0.4, -0.2) is 72.0 Å². The second-order valence-corrected chi connectivity index (χ2v) is 9.40. The van der Waals surface area contributed by atoms with Crippen LogP contribution in [0.4, 0.5) is 0 Å². The van der Waals surface area contributed by atoms with Gasteiger partial charge < -0.3 is 15.0 Å². The van der Waals surface area contributed by atoms with E-state index in [1.165, 1.54) is 11.1 Å². The molecule has 7 nitrogen and oxygen atoms in total. The zero-order valence-corrected chi connectivity index (χ0v) is 20.1. The lowest BCUT2D eigenvalue weighted by molar-refractivity contribution is -0.136. The van der Waals surface area contributed by atoms with Crippen molar-refractivity contribution in [3.05, 3.63) is 66.0 Å². The normalized spacial score (nSPS) is 19.9.